The molecule has 2 amide bonds. The lowest BCUT2D eigenvalue weighted by atomic mass is 10.1. The van der Waals surface area contributed by atoms with Crippen molar-refractivity contribution in [2.75, 3.05) is 39.2 Å². The molecular formula is C21H26N2O5. The molecule has 0 radical (unpaired) electrons. The maximum atomic E-state index is 12.7. The summed E-state index contributed by atoms with van der Waals surface area (Å²) in [5.41, 5.74) is 1.05. The number of methoxy groups -OCH3 is 1. The molecule has 0 saturated carbocycles. The van der Waals surface area contributed by atoms with E-state index in [0.717, 1.165) is 0 Å². The van der Waals surface area contributed by atoms with E-state index in [-0.39, 0.29) is 18.4 Å². The number of likely N-dealkylation sites (N-methyl/N-ethyl adjacent to an activating group) is 1. The molecule has 2 aromatic carbocycles. The van der Waals surface area contributed by atoms with Crippen LogP contribution in [0.2, 0.25) is 0 Å². The Labute approximate surface area is 165 Å². The van der Waals surface area contributed by atoms with Crippen LogP contribution in [0.5, 0.6) is 17.2 Å². The SMILES string of the molecule is CCOc1ccc(C(=O)N(C)CC(=O)Nc2ccc(OC)cc2)cc1OCC. The molecule has 7 nitrogen and oxygen atoms in total. The first kappa shape index (κ1) is 21.1. The number of carbonyl (C=O) groups excluding carboxylic acids is 2. The van der Waals surface area contributed by atoms with E-state index in [2.05, 4.69) is 5.32 Å². The number of hydrogen-bond acceptors (Lipinski definition) is 5. The predicted octanol–water partition coefficient (Wildman–Crippen LogP) is 3.20. The smallest absolute Gasteiger partial charge is 0.254 e. The van der Waals surface area contributed by atoms with Gasteiger partial charge in [0.15, 0.2) is 11.5 Å². The molecule has 0 aliphatic carbocycles. The molecule has 0 fully saturated rings. The minimum Gasteiger partial charge on any atom is -0.497 e. The Morgan fingerprint density at radius 2 is 1.61 bits per heavy atom. The number of hydrogen-bond donors (Lipinski definition) is 1. The van der Waals surface area contributed by atoms with E-state index in [9.17, 15) is 9.59 Å². The number of benzene rings is 2. The quantitative estimate of drug-likeness (QED) is 0.716. The van der Waals surface area contributed by atoms with Gasteiger partial charge in [0, 0.05) is 18.3 Å². The van der Waals surface area contributed by atoms with Gasteiger partial charge in [-0.1, -0.05) is 0 Å². The minimum atomic E-state index is -0.294. The summed E-state index contributed by atoms with van der Waals surface area (Å²) in [6, 6.07) is 12.0. The first-order chi connectivity index (χ1) is 13.5. The van der Waals surface area contributed by atoms with Gasteiger partial charge in [-0.15, -0.1) is 0 Å². The number of carbonyl (C=O) groups is 2. The molecule has 0 unspecified atom stereocenters. The number of nitrogens with zero attached hydrogens (tertiary/aromatic N) is 1. The van der Waals surface area contributed by atoms with Crippen LogP contribution < -0.4 is 19.5 Å². The second-order valence-corrected chi connectivity index (χ2v) is 5.97. The van der Waals surface area contributed by atoms with Gasteiger partial charge in [-0.05, 0) is 56.3 Å². The zero-order valence-corrected chi connectivity index (χ0v) is 16.7. The van der Waals surface area contributed by atoms with Crippen molar-refractivity contribution in [3.63, 3.8) is 0 Å². The lowest BCUT2D eigenvalue weighted by Crippen LogP contribution is -2.34. The highest BCUT2D eigenvalue weighted by Crippen LogP contribution is 2.29. The summed E-state index contributed by atoms with van der Waals surface area (Å²) in [5, 5.41) is 2.75. The fourth-order valence-corrected chi connectivity index (χ4v) is 2.57. The van der Waals surface area contributed by atoms with Crippen LogP contribution in [0.4, 0.5) is 5.69 Å². The Morgan fingerprint density at radius 1 is 0.964 bits per heavy atom. The molecule has 0 aromatic heterocycles. The second kappa shape index (κ2) is 10.2. The summed E-state index contributed by atoms with van der Waals surface area (Å²) in [7, 11) is 3.15. The van der Waals surface area contributed by atoms with Crippen LogP contribution >= 0.6 is 0 Å². The average Bonchev–Trinajstić information content (AvgIpc) is 2.69. The standard InChI is InChI=1S/C21H26N2O5/c1-5-27-18-12-7-15(13-19(18)28-6-2)21(25)23(3)14-20(24)22-16-8-10-17(26-4)11-9-16/h7-13H,5-6,14H2,1-4H3,(H,22,24). The molecule has 150 valence electrons. The maximum absolute atomic E-state index is 12.7. The van der Waals surface area contributed by atoms with Crippen molar-refractivity contribution < 1.29 is 23.8 Å². The number of anilines is 1. The molecule has 0 heterocycles. The van der Waals surface area contributed by atoms with E-state index < -0.39 is 0 Å². The largest absolute Gasteiger partial charge is 0.497 e. The topological polar surface area (TPSA) is 77.1 Å². The van der Waals surface area contributed by atoms with Crippen LogP contribution in [-0.2, 0) is 4.79 Å². The highest BCUT2D eigenvalue weighted by atomic mass is 16.5. The molecule has 2 rings (SSSR count). The van der Waals surface area contributed by atoms with Crippen molar-refractivity contribution in [1.29, 1.82) is 0 Å². The van der Waals surface area contributed by atoms with Gasteiger partial charge in [0.1, 0.15) is 5.75 Å². The van der Waals surface area contributed by atoms with Crippen molar-refractivity contribution >= 4 is 17.5 Å². The van der Waals surface area contributed by atoms with Crippen LogP contribution in [-0.4, -0.2) is 50.6 Å². The first-order valence-corrected chi connectivity index (χ1v) is 9.07. The van der Waals surface area contributed by atoms with Gasteiger partial charge in [-0.2, -0.15) is 0 Å². The van der Waals surface area contributed by atoms with Crippen LogP contribution in [0, 0.1) is 0 Å². The lowest BCUT2D eigenvalue weighted by Gasteiger charge is -2.18. The molecule has 0 atom stereocenters. The van der Waals surface area contributed by atoms with Crippen LogP contribution in [0.1, 0.15) is 24.2 Å². The van der Waals surface area contributed by atoms with Crippen molar-refractivity contribution in [3.8, 4) is 17.2 Å². The number of ether oxygens (including phenoxy) is 3. The Balaban J connectivity index is 2.02. The minimum absolute atomic E-state index is 0.0813. The number of amides is 2. The third-order valence-corrected chi connectivity index (χ3v) is 3.89. The zero-order valence-electron chi connectivity index (χ0n) is 16.7. The number of nitrogens with one attached hydrogen (secondary N) is 1. The highest BCUT2D eigenvalue weighted by Gasteiger charge is 2.17. The third-order valence-electron chi connectivity index (χ3n) is 3.89. The average molecular weight is 386 g/mol. The van der Waals surface area contributed by atoms with Crippen molar-refractivity contribution in [3.05, 3.63) is 48.0 Å². The maximum Gasteiger partial charge on any atom is 0.254 e. The Hall–Kier alpha value is -3.22. The van der Waals surface area contributed by atoms with Gasteiger partial charge in [0.05, 0.1) is 26.9 Å². The van der Waals surface area contributed by atoms with Gasteiger partial charge in [-0.25, -0.2) is 0 Å². The van der Waals surface area contributed by atoms with Gasteiger partial charge in [0.2, 0.25) is 5.91 Å². The Kier molecular flexibility index (Phi) is 7.68. The molecule has 28 heavy (non-hydrogen) atoms. The van der Waals surface area contributed by atoms with Gasteiger partial charge in [-0.3, -0.25) is 9.59 Å². The first-order valence-electron chi connectivity index (χ1n) is 9.07. The molecule has 0 aliphatic heterocycles. The van der Waals surface area contributed by atoms with Crippen LogP contribution in [0.3, 0.4) is 0 Å². The summed E-state index contributed by atoms with van der Waals surface area (Å²) in [4.78, 5) is 26.3. The van der Waals surface area contributed by atoms with E-state index in [1.165, 1.54) is 4.90 Å². The molecule has 7 heteroatoms. The summed E-state index contributed by atoms with van der Waals surface area (Å²) >= 11 is 0. The molecule has 0 spiro atoms. The zero-order chi connectivity index (χ0) is 20.5. The second-order valence-electron chi connectivity index (χ2n) is 5.97. The molecule has 0 bridgehead atoms. The van der Waals surface area contributed by atoms with Crippen LogP contribution in [0.25, 0.3) is 0 Å². The van der Waals surface area contributed by atoms with Crippen molar-refractivity contribution in [2.45, 2.75) is 13.8 Å². The molecule has 2 aromatic rings. The summed E-state index contributed by atoms with van der Waals surface area (Å²) in [5.74, 6) is 1.21. The van der Waals surface area contributed by atoms with Gasteiger partial charge >= 0.3 is 0 Å². The van der Waals surface area contributed by atoms with E-state index in [1.807, 2.05) is 13.8 Å². The summed E-state index contributed by atoms with van der Waals surface area (Å²) in [6.45, 7) is 4.61. The molecule has 1 N–H and O–H groups in total. The Morgan fingerprint density at radius 3 is 2.21 bits per heavy atom. The fraction of sp³-hybridized carbons (Fsp3) is 0.333. The normalized spacial score (nSPS) is 10.1. The van der Waals surface area contributed by atoms with Crippen LogP contribution in [0.15, 0.2) is 42.5 Å². The highest BCUT2D eigenvalue weighted by molar-refractivity contribution is 5.99. The molecule has 0 saturated heterocycles. The monoisotopic (exact) mass is 386 g/mol. The number of rotatable bonds is 9. The molecular weight excluding hydrogens is 360 g/mol. The third kappa shape index (κ3) is 5.64. The van der Waals surface area contributed by atoms with Gasteiger partial charge < -0.3 is 24.4 Å². The summed E-state index contributed by atoms with van der Waals surface area (Å²) < 4.78 is 16.1. The fourth-order valence-electron chi connectivity index (χ4n) is 2.57. The van der Waals surface area contributed by atoms with Crippen molar-refractivity contribution in [1.82, 2.24) is 4.90 Å². The summed E-state index contributed by atoms with van der Waals surface area (Å²) in [6.07, 6.45) is 0. The van der Waals surface area contributed by atoms with Crippen molar-refractivity contribution in [2.24, 2.45) is 0 Å². The lowest BCUT2D eigenvalue weighted by molar-refractivity contribution is -0.116. The molecule has 0 aliphatic rings. The van der Waals surface area contributed by atoms with E-state index >= 15 is 0 Å². The van der Waals surface area contributed by atoms with E-state index in [1.54, 1.807) is 56.6 Å². The Bertz CT molecular complexity index is 805. The van der Waals surface area contributed by atoms with E-state index in [0.29, 0.717) is 41.7 Å². The van der Waals surface area contributed by atoms with Gasteiger partial charge in [0.25, 0.3) is 5.91 Å². The predicted molar refractivity (Wildman–Crippen MR) is 107 cm³/mol. The van der Waals surface area contributed by atoms with E-state index in [4.69, 9.17) is 14.2 Å².